The van der Waals surface area contributed by atoms with E-state index in [1.165, 1.54) is 12.8 Å². The number of ether oxygens (including phenoxy) is 1. The Kier molecular flexibility index (Phi) is 5.24. The van der Waals surface area contributed by atoms with Crippen LogP contribution in [0.2, 0.25) is 15.1 Å². The predicted molar refractivity (Wildman–Crippen MR) is 81.8 cm³/mol. The van der Waals surface area contributed by atoms with Gasteiger partial charge in [0.2, 0.25) is 0 Å². The van der Waals surface area contributed by atoms with Crippen LogP contribution < -0.4 is 10.1 Å². The highest BCUT2D eigenvalue weighted by molar-refractivity contribution is 6.43. The van der Waals surface area contributed by atoms with E-state index in [4.69, 9.17) is 39.5 Å². The highest BCUT2D eigenvalue weighted by Gasteiger charge is 2.24. The highest BCUT2D eigenvalue weighted by atomic mass is 35.5. The Labute approximate surface area is 129 Å². The van der Waals surface area contributed by atoms with E-state index >= 15 is 0 Å². The lowest BCUT2D eigenvalue weighted by atomic mass is 10.1. The third kappa shape index (κ3) is 4.42. The van der Waals surface area contributed by atoms with Gasteiger partial charge in [-0.1, -0.05) is 48.7 Å². The summed E-state index contributed by atoms with van der Waals surface area (Å²) in [7, 11) is 0. The van der Waals surface area contributed by atoms with Crippen molar-refractivity contribution in [2.75, 3.05) is 6.54 Å². The fourth-order valence-electron chi connectivity index (χ4n) is 1.74. The summed E-state index contributed by atoms with van der Waals surface area (Å²) in [6.45, 7) is 5.08. The van der Waals surface area contributed by atoms with Crippen molar-refractivity contribution < 1.29 is 4.74 Å². The minimum Gasteiger partial charge on any atom is -0.487 e. The minimum atomic E-state index is 0.0651. The third-order valence-electron chi connectivity index (χ3n) is 3.18. The molecule has 1 fully saturated rings. The van der Waals surface area contributed by atoms with Crippen molar-refractivity contribution >= 4 is 34.8 Å². The molecule has 106 valence electrons. The van der Waals surface area contributed by atoms with E-state index < -0.39 is 0 Å². The molecule has 0 saturated heterocycles. The number of benzene rings is 1. The van der Waals surface area contributed by atoms with Gasteiger partial charge >= 0.3 is 0 Å². The van der Waals surface area contributed by atoms with Crippen LogP contribution in [0.1, 0.15) is 26.7 Å². The van der Waals surface area contributed by atoms with Gasteiger partial charge in [-0.3, -0.25) is 0 Å². The van der Waals surface area contributed by atoms with Crippen LogP contribution in [0.25, 0.3) is 0 Å². The normalized spacial score (nSPS) is 16.7. The first-order valence-electron chi connectivity index (χ1n) is 6.52. The summed E-state index contributed by atoms with van der Waals surface area (Å²) >= 11 is 18.0. The Bertz CT molecular complexity index is 447. The molecule has 1 aromatic carbocycles. The molecule has 2 nitrogen and oxygen atoms in total. The van der Waals surface area contributed by atoms with Gasteiger partial charge in [0.05, 0.1) is 15.1 Å². The predicted octanol–water partition coefficient (Wildman–Crippen LogP) is 4.80. The first kappa shape index (κ1) is 15.2. The second kappa shape index (κ2) is 6.53. The third-order valence-corrected chi connectivity index (χ3v) is 4.20. The first-order chi connectivity index (χ1) is 8.97. The smallest absolute Gasteiger partial charge is 0.139 e. The van der Waals surface area contributed by atoms with Crippen molar-refractivity contribution in [3.63, 3.8) is 0 Å². The first-order valence-corrected chi connectivity index (χ1v) is 7.65. The fourth-order valence-corrected chi connectivity index (χ4v) is 2.32. The second-order valence-electron chi connectivity index (χ2n) is 5.28. The van der Waals surface area contributed by atoms with Gasteiger partial charge in [-0.2, -0.15) is 0 Å². The van der Waals surface area contributed by atoms with Gasteiger partial charge < -0.3 is 10.1 Å². The van der Waals surface area contributed by atoms with Gasteiger partial charge in [0.1, 0.15) is 11.9 Å². The van der Waals surface area contributed by atoms with E-state index in [0.29, 0.717) is 32.8 Å². The lowest BCUT2D eigenvalue weighted by Gasteiger charge is -2.24. The van der Waals surface area contributed by atoms with Gasteiger partial charge in [-0.05, 0) is 24.8 Å². The summed E-state index contributed by atoms with van der Waals surface area (Å²) in [4.78, 5) is 0. The number of halogens is 3. The molecule has 0 aliphatic heterocycles. The zero-order chi connectivity index (χ0) is 14.0. The zero-order valence-electron chi connectivity index (χ0n) is 11.1. The monoisotopic (exact) mass is 321 g/mol. The second-order valence-corrected chi connectivity index (χ2v) is 6.50. The molecular weight excluding hydrogens is 305 g/mol. The van der Waals surface area contributed by atoms with Gasteiger partial charge in [0, 0.05) is 18.7 Å². The maximum absolute atomic E-state index is 6.14. The molecule has 1 N–H and O–H groups in total. The van der Waals surface area contributed by atoms with Crippen molar-refractivity contribution in [3.8, 4) is 5.75 Å². The molecular formula is C14H18Cl3NO. The summed E-state index contributed by atoms with van der Waals surface area (Å²) in [5, 5.41) is 4.87. The van der Waals surface area contributed by atoms with E-state index in [2.05, 4.69) is 19.2 Å². The van der Waals surface area contributed by atoms with E-state index in [-0.39, 0.29) is 6.10 Å². The molecule has 2 rings (SSSR count). The average Bonchev–Trinajstić information content (AvgIpc) is 3.14. The summed E-state index contributed by atoms with van der Waals surface area (Å²) in [6, 6.07) is 3.96. The molecule has 0 radical (unpaired) electrons. The summed E-state index contributed by atoms with van der Waals surface area (Å²) < 4.78 is 5.98. The molecule has 1 saturated carbocycles. The van der Waals surface area contributed by atoms with Crippen LogP contribution in [0.3, 0.4) is 0 Å². The molecule has 1 aliphatic rings. The van der Waals surface area contributed by atoms with Crippen molar-refractivity contribution in [1.82, 2.24) is 5.32 Å². The molecule has 19 heavy (non-hydrogen) atoms. The largest absolute Gasteiger partial charge is 0.487 e. The van der Waals surface area contributed by atoms with Crippen molar-refractivity contribution in [1.29, 1.82) is 0 Å². The maximum Gasteiger partial charge on any atom is 0.139 e. The molecule has 1 atom stereocenters. The molecule has 0 bridgehead atoms. The molecule has 0 amide bonds. The summed E-state index contributed by atoms with van der Waals surface area (Å²) in [5.74, 6) is 0.976. The SMILES string of the molecule is CC(C)C(CNC1CC1)Oc1cc(Cl)c(Cl)cc1Cl. The molecule has 5 heteroatoms. The molecule has 1 aliphatic carbocycles. The number of hydrogen-bond acceptors (Lipinski definition) is 2. The maximum atomic E-state index is 6.14. The average molecular weight is 323 g/mol. The number of hydrogen-bond donors (Lipinski definition) is 1. The molecule has 1 aromatic rings. The van der Waals surface area contributed by atoms with Gasteiger partial charge in [0.15, 0.2) is 0 Å². The van der Waals surface area contributed by atoms with Crippen LogP contribution in [-0.4, -0.2) is 18.7 Å². The van der Waals surface area contributed by atoms with Gasteiger partial charge in [-0.15, -0.1) is 0 Å². The number of rotatable bonds is 6. The minimum absolute atomic E-state index is 0.0651. The van der Waals surface area contributed by atoms with Gasteiger partial charge in [-0.25, -0.2) is 0 Å². The lowest BCUT2D eigenvalue weighted by Crippen LogP contribution is -2.36. The van der Waals surface area contributed by atoms with E-state index in [0.717, 1.165) is 6.54 Å². The lowest BCUT2D eigenvalue weighted by molar-refractivity contribution is 0.148. The van der Waals surface area contributed by atoms with Crippen LogP contribution in [0.5, 0.6) is 5.75 Å². The summed E-state index contributed by atoms with van der Waals surface area (Å²) in [6.07, 6.45) is 2.59. The fraction of sp³-hybridized carbons (Fsp3) is 0.571. The Morgan fingerprint density at radius 2 is 1.79 bits per heavy atom. The van der Waals surface area contributed by atoms with Crippen LogP contribution in [0.15, 0.2) is 12.1 Å². The van der Waals surface area contributed by atoms with Gasteiger partial charge in [0.25, 0.3) is 0 Å². The van der Waals surface area contributed by atoms with Crippen molar-refractivity contribution in [2.45, 2.75) is 38.8 Å². The van der Waals surface area contributed by atoms with Crippen LogP contribution in [0, 0.1) is 5.92 Å². The number of nitrogens with one attached hydrogen (secondary N) is 1. The Morgan fingerprint density at radius 3 is 2.37 bits per heavy atom. The van der Waals surface area contributed by atoms with Crippen molar-refractivity contribution in [3.05, 3.63) is 27.2 Å². The quantitative estimate of drug-likeness (QED) is 0.759. The van der Waals surface area contributed by atoms with Crippen LogP contribution >= 0.6 is 34.8 Å². The molecule has 0 aromatic heterocycles. The molecule has 1 unspecified atom stereocenters. The van der Waals surface area contributed by atoms with Crippen LogP contribution in [-0.2, 0) is 0 Å². The highest BCUT2D eigenvalue weighted by Crippen LogP contribution is 2.35. The van der Waals surface area contributed by atoms with E-state index in [1.807, 2.05) is 0 Å². The molecule has 0 spiro atoms. The Balaban J connectivity index is 2.04. The zero-order valence-corrected chi connectivity index (χ0v) is 13.3. The molecule has 0 heterocycles. The topological polar surface area (TPSA) is 21.3 Å². The van der Waals surface area contributed by atoms with E-state index in [9.17, 15) is 0 Å². The van der Waals surface area contributed by atoms with Crippen LogP contribution in [0.4, 0.5) is 0 Å². The Morgan fingerprint density at radius 1 is 1.16 bits per heavy atom. The Hall–Kier alpha value is -0.150. The van der Waals surface area contributed by atoms with Crippen molar-refractivity contribution in [2.24, 2.45) is 5.92 Å². The summed E-state index contributed by atoms with van der Waals surface area (Å²) in [5.41, 5.74) is 0. The standard InChI is InChI=1S/C14H18Cl3NO/c1-8(2)14(7-18-9-3-4-9)19-13-6-11(16)10(15)5-12(13)17/h5-6,8-9,14,18H,3-4,7H2,1-2H3. The van der Waals surface area contributed by atoms with E-state index in [1.54, 1.807) is 12.1 Å².